The Morgan fingerprint density at radius 2 is 2.12 bits per heavy atom. The average Bonchev–Trinajstić information content (AvgIpc) is 3.43. The predicted octanol–water partition coefficient (Wildman–Crippen LogP) is 4.68. The zero-order valence-electron chi connectivity index (χ0n) is 17.9. The van der Waals surface area contributed by atoms with Gasteiger partial charge in [-0.2, -0.15) is 0 Å². The number of anilines is 1. The van der Waals surface area contributed by atoms with Gasteiger partial charge in [-0.15, -0.1) is 0 Å². The van der Waals surface area contributed by atoms with Crippen molar-refractivity contribution >= 4 is 29.0 Å². The molecule has 6 nitrogen and oxygen atoms in total. The first-order valence-electron chi connectivity index (χ1n) is 11.3. The van der Waals surface area contributed by atoms with Gasteiger partial charge < -0.3 is 10.5 Å². The first kappa shape index (κ1) is 21.3. The molecule has 2 fully saturated rings. The maximum atomic E-state index is 13.5. The topological polar surface area (TPSA) is 73.1 Å². The van der Waals surface area contributed by atoms with Gasteiger partial charge in [-0.3, -0.25) is 9.89 Å². The Bertz CT molecular complexity index is 1080. The molecule has 2 aromatic rings. The Morgan fingerprint density at radius 1 is 1.25 bits per heavy atom. The fourth-order valence-corrected chi connectivity index (χ4v) is 5.24. The molecule has 0 bridgehead atoms. The number of fused-ring (bicyclic) bond motifs is 1. The molecule has 1 aliphatic carbocycles. The quantitative estimate of drug-likeness (QED) is 0.377. The zero-order chi connectivity index (χ0) is 22.1. The van der Waals surface area contributed by atoms with Crippen molar-refractivity contribution < 1.29 is 9.60 Å². The number of aliphatic imine (C=N–C) groups is 1. The van der Waals surface area contributed by atoms with E-state index in [0.29, 0.717) is 24.1 Å². The number of amidine groups is 1. The summed E-state index contributed by atoms with van der Waals surface area (Å²) in [6.07, 6.45) is 9.29. The van der Waals surface area contributed by atoms with Crippen LogP contribution in [0.3, 0.4) is 0 Å². The highest BCUT2D eigenvalue weighted by Crippen LogP contribution is 2.48. The monoisotopic (exact) mass is 455 g/mol. The number of hydrogen-bond donors (Lipinski definition) is 2. The molecule has 1 aromatic heterocycles. The van der Waals surface area contributed by atoms with Gasteiger partial charge in [0.2, 0.25) is 0 Å². The van der Waals surface area contributed by atoms with E-state index in [0.717, 1.165) is 41.4 Å². The molecule has 3 aliphatic rings. The smallest absolute Gasteiger partial charge is 0.141 e. The number of benzene rings is 1. The first-order chi connectivity index (χ1) is 15.6. The lowest BCUT2D eigenvalue weighted by atomic mass is 9.98. The summed E-state index contributed by atoms with van der Waals surface area (Å²) in [6.45, 7) is 2.95. The van der Waals surface area contributed by atoms with Crippen molar-refractivity contribution in [1.29, 1.82) is 0 Å². The second kappa shape index (κ2) is 8.79. The molecule has 1 saturated heterocycles. The summed E-state index contributed by atoms with van der Waals surface area (Å²) in [5.41, 5.74) is 3.51. The summed E-state index contributed by atoms with van der Waals surface area (Å²) in [5.74, 6) is 1.17. The minimum absolute atomic E-state index is 0.0533. The van der Waals surface area contributed by atoms with Crippen LogP contribution in [0.25, 0.3) is 0 Å². The van der Waals surface area contributed by atoms with Crippen LogP contribution in [0.5, 0.6) is 0 Å². The summed E-state index contributed by atoms with van der Waals surface area (Å²) in [6, 6.07) is 6.37. The lowest BCUT2D eigenvalue weighted by molar-refractivity contribution is 0.133. The van der Waals surface area contributed by atoms with Crippen LogP contribution >= 0.6 is 11.6 Å². The third-order valence-electron chi connectivity index (χ3n) is 6.94. The summed E-state index contributed by atoms with van der Waals surface area (Å²) >= 11 is 5.91. The first-order valence-corrected chi connectivity index (χ1v) is 11.6. The van der Waals surface area contributed by atoms with E-state index in [9.17, 15) is 9.60 Å². The number of rotatable bonds is 6. The molecule has 0 atom stereocenters. The Kier molecular flexibility index (Phi) is 5.86. The second-order valence-electron chi connectivity index (χ2n) is 8.96. The Morgan fingerprint density at radius 3 is 2.91 bits per heavy atom. The number of oxime groups is 1. The summed E-state index contributed by atoms with van der Waals surface area (Å²) in [5, 5.41) is 16.6. The third-order valence-corrected chi connectivity index (χ3v) is 7.23. The molecule has 168 valence electrons. The molecule has 0 unspecified atom stereocenters. The van der Waals surface area contributed by atoms with Crippen LogP contribution in [-0.2, 0) is 12.8 Å². The van der Waals surface area contributed by atoms with E-state index in [4.69, 9.17) is 16.6 Å². The molecule has 5 rings (SSSR count). The number of nitrogens with zero attached hydrogens (tertiary/aromatic N) is 4. The summed E-state index contributed by atoms with van der Waals surface area (Å²) < 4.78 is 13.5. The Hall–Kier alpha value is -2.51. The van der Waals surface area contributed by atoms with Gasteiger partial charge in [-0.05, 0) is 56.0 Å². The van der Waals surface area contributed by atoms with Gasteiger partial charge in [0.1, 0.15) is 17.5 Å². The van der Waals surface area contributed by atoms with Crippen LogP contribution in [-0.4, -0.2) is 51.8 Å². The van der Waals surface area contributed by atoms with Crippen molar-refractivity contribution in [2.45, 2.75) is 50.5 Å². The minimum Gasteiger partial charge on any atom is -0.411 e. The fraction of sp³-hybridized carbons (Fsp3) is 0.458. The Labute approximate surface area is 192 Å². The van der Waals surface area contributed by atoms with Crippen LogP contribution in [0.4, 0.5) is 10.2 Å². The largest absolute Gasteiger partial charge is 0.411 e. The van der Waals surface area contributed by atoms with Crippen LogP contribution < -0.4 is 5.32 Å². The molecule has 2 aliphatic heterocycles. The number of nitrogens with one attached hydrogen (secondary N) is 1. The number of likely N-dealkylation sites (tertiary alicyclic amines) is 1. The number of aromatic nitrogens is 1. The number of piperidine rings is 1. The molecule has 3 heterocycles. The van der Waals surface area contributed by atoms with Gasteiger partial charge in [-0.25, -0.2) is 9.37 Å². The van der Waals surface area contributed by atoms with E-state index < -0.39 is 5.82 Å². The molecular formula is C24H27ClFN5O. The number of halogens is 2. The average molecular weight is 456 g/mol. The molecule has 1 saturated carbocycles. The predicted molar refractivity (Wildman–Crippen MR) is 125 cm³/mol. The number of hydrogen-bond acceptors (Lipinski definition) is 5. The molecule has 8 heteroatoms. The zero-order valence-corrected chi connectivity index (χ0v) is 18.7. The molecular weight excluding hydrogens is 429 g/mol. The van der Waals surface area contributed by atoms with E-state index in [1.807, 2.05) is 6.07 Å². The maximum absolute atomic E-state index is 13.5. The van der Waals surface area contributed by atoms with Crippen molar-refractivity contribution in [3.63, 3.8) is 0 Å². The van der Waals surface area contributed by atoms with Crippen molar-refractivity contribution in [3.8, 4) is 0 Å². The van der Waals surface area contributed by atoms with Crippen LogP contribution in [0.2, 0.25) is 5.02 Å². The lowest BCUT2D eigenvalue weighted by Crippen LogP contribution is -2.42. The van der Waals surface area contributed by atoms with E-state index >= 15 is 0 Å². The van der Waals surface area contributed by atoms with Gasteiger partial charge >= 0.3 is 0 Å². The molecule has 0 amide bonds. The molecule has 0 radical (unpaired) electrons. The normalized spacial score (nSPS) is 21.1. The summed E-state index contributed by atoms with van der Waals surface area (Å²) in [4.78, 5) is 11.9. The van der Waals surface area contributed by atoms with E-state index in [-0.39, 0.29) is 5.02 Å². The van der Waals surface area contributed by atoms with Gasteiger partial charge in [0.15, 0.2) is 0 Å². The van der Waals surface area contributed by atoms with Gasteiger partial charge in [0.25, 0.3) is 0 Å². The van der Waals surface area contributed by atoms with Gasteiger partial charge in [0.05, 0.1) is 17.3 Å². The van der Waals surface area contributed by atoms with E-state index in [1.165, 1.54) is 44.7 Å². The second-order valence-corrected chi connectivity index (χ2v) is 9.36. The van der Waals surface area contributed by atoms with Crippen LogP contribution in [0.15, 0.2) is 40.6 Å². The molecule has 2 N–H and O–H groups in total. The highest BCUT2D eigenvalue weighted by atomic mass is 35.5. The third kappa shape index (κ3) is 4.24. The standard InChI is InChI=1S/C24H27ClFN5O/c25-19-13-16(3-4-20(19)26)14-21(30-32)17-5-9-28-23-18(17)15-22(29-23)27-10-12-31-11-2-1-6-24(31)7-8-24/h3-5,9,13,32H,1-2,6-8,10-12,14-15H2,(H,27,28,29)/b30-21+. The SMILES string of the molecule is O/N=C(\Cc1ccc(F)c(Cl)c1)c1ccnc2c1CC(=NCCN1CCCCC13CC3)N2. The number of pyridine rings is 1. The Balaban J connectivity index is 1.28. The van der Waals surface area contributed by atoms with Crippen molar-refractivity contribution in [2.75, 3.05) is 25.0 Å². The van der Waals surface area contributed by atoms with Gasteiger partial charge in [0, 0.05) is 42.2 Å². The molecule has 1 spiro atoms. The highest BCUT2D eigenvalue weighted by Gasteiger charge is 2.48. The van der Waals surface area contributed by atoms with E-state index in [2.05, 4.69) is 20.4 Å². The minimum atomic E-state index is -0.468. The summed E-state index contributed by atoms with van der Waals surface area (Å²) in [7, 11) is 0. The lowest BCUT2D eigenvalue weighted by Gasteiger charge is -2.35. The molecule has 32 heavy (non-hydrogen) atoms. The van der Waals surface area contributed by atoms with Crippen molar-refractivity contribution in [1.82, 2.24) is 9.88 Å². The fourth-order valence-electron chi connectivity index (χ4n) is 5.04. The highest BCUT2D eigenvalue weighted by molar-refractivity contribution is 6.30. The van der Waals surface area contributed by atoms with Gasteiger partial charge in [-0.1, -0.05) is 29.2 Å². The van der Waals surface area contributed by atoms with Crippen molar-refractivity contribution in [2.24, 2.45) is 10.1 Å². The van der Waals surface area contributed by atoms with Crippen molar-refractivity contribution in [3.05, 3.63) is 58.0 Å². The van der Waals surface area contributed by atoms with Crippen LogP contribution in [0, 0.1) is 5.82 Å². The molecule has 1 aromatic carbocycles. The van der Waals surface area contributed by atoms with E-state index in [1.54, 1.807) is 18.3 Å². The van der Waals surface area contributed by atoms with Crippen LogP contribution in [0.1, 0.15) is 48.8 Å². The maximum Gasteiger partial charge on any atom is 0.141 e.